The number of amides is 2. The number of nitrogens with one attached hydrogen (secondary N) is 1. The summed E-state index contributed by atoms with van der Waals surface area (Å²) in [6.45, 7) is 0. The summed E-state index contributed by atoms with van der Waals surface area (Å²) in [5, 5.41) is 12.4. The fourth-order valence-electron chi connectivity index (χ4n) is 1.24. The van der Waals surface area contributed by atoms with Gasteiger partial charge in [-0.3, -0.25) is 4.79 Å². The Morgan fingerprint density at radius 1 is 1.24 bits per heavy atom. The average molecular weight is 235 g/mol. The highest BCUT2D eigenvalue weighted by atomic mass is 16.4. The molecule has 17 heavy (non-hydrogen) atoms. The Hall–Kier alpha value is -2.37. The number of urea groups is 1. The zero-order valence-corrected chi connectivity index (χ0v) is 9.09. The van der Waals surface area contributed by atoms with Crippen molar-refractivity contribution in [2.45, 2.75) is 12.8 Å². The number of benzene rings is 1. The fourth-order valence-corrected chi connectivity index (χ4v) is 1.24. The van der Waals surface area contributed by atoms with Crippen LogP contribution in [0.4, 0.5) is 4.79 Å². The first-order chi connectivity index (χ1) is 8.09. The van der Waals surface area contributed by atoms with Crippen LogP contribution in [0, 0.1) is 0 Å². The van der Waals surface area contributed by atoms with Crippen molar-refractivity contribution >= 4 is 17.7 Å². The van der Waals surface area contributed by atoms with Gasteiger partial charge in [0.15, 0.2) is 0 Å². The maximum absolute atomic E-state index is 10.6. The molecule has 4 N–H and O–H groups in total. The Kier molecular flexibility index (Phi) is 4.68. The molecule has 0 aromatic heterocycles. The monoisotopic (exact) mass is 235 g/mol. The fraction of sp³-hybridized carbons (Fsp3) is 0.182. The molecular formula is C11H13N3O3. The number of aliphatic carboxylic acids is 1. The number of carboxylic acids is 1. The van der Waals surface area contributed by atoms with E-state index in [1.54, 1.807) is 24.3 Å². The molecule has 1 aromatic rings. The predicted molar refractivity (Wildman–Crippen MR) is 62.6 cm³/mol. The summed E-state index contributed by atoms with van der Waals surface area (Å²) in [6.07, 6.45) is 0.161. The molecule has 0 radical (unpaired) electrons. The van der Waals surface area contributed by atoms with Gasteiger partial charge in [0.1, 0.15) is 0 Å². The highest BCUT2D eigenvalue weighted by Crippen LogP contribution is 2.06. The van der Waals surface area contributed by atoms with E-state index in [9.17, 15) is 9.59 Å². The Balaban J connectivity index is 2.82. The van der Waals surface area contributed by atoms with Crippen LogP contribution in [0.5, 0.6) is 0 Å². The molecule has 0 spiro atoms. The molecule has 0 fully saturated rings. The van der Waals surface area contributed by atoms with Crippen molar-refractivity contribution in [2.24, 2.45) is 10.8 Å². The molecule has 0 aliphatic heterocycles. The third-order valence-corrected chi connectivity index (χ3v) is 1.98. The molecule has 0 atom stereocenters. The number of hydrogen-bond donors (Lipinski definition) is 3. The summed E-state index contributed by atoms with van der Waals surface area (Å²) >= 11 is 0. The van der Waals surface area contributed by atoms with Crippen LogP contribution >= 0.6 is 0 Å². The SMILES string of the molecule is NC(=O)NN=C(CCC(=O)O)c1ccccc1. The molecular weight excluding hydrogens is 222 g/mol. The maximum atomic E-state index is 10.6. The normalized spacial score (nSPS) is 10.9. The lowest BCUT2D eigenvalue weighted by atomic mass is 10.1. The van der Waals surface area contributed by atoms with E-state index in [1.165, 1.54) is 0 Å². The minimum atomic E-state index is -0.923. The van der Waals surface area contributed by atoms with Crippen molar-refractivity contribution in [3.05, 3.63) is 35.9 Å². The number of hydrazone groups is 1. The van der Waals surface area contributed by atoms with E-state index in [-0.39, 0.29) is 12.8 Å². The third kappa shape index (κ3) is 4.78. The summed E-state index contributed by atoms with van der Waals surface area (Å²) in [5.74, 6) is -0.923. The smallest absolute Gasteiger partial charge is 0.332 e. The standard InChI is InChI=1S/C11H13N3O3/c12-11(17)14-13-9(6-7-10(15)16)8-4-2-1-3-5-8/h1-5H,6-7H2,(H,15,16)(H3,12,14,17). The van der Waals surface area contributed by atoms with Crippen molar-refractivity contribution < 1.29 is 14.7 Å². The van der Waals surface area contributed by atoms with Crippen LogP contribution in [0.2, 0.25) is 0 Å². The lowest BCUT2D eigenvalue weighted by Crippen LogP contribution is -2.26. The van der Waals surface area contributed by atoms with E-state index in [0.717, 1.165) is 5.56 Å². The summed E-state index contributed by atoms with van der Waals surface area (Å²) in [6, 6.07) is 8.21. The van der Waals surface area contributed by atoms with Crippen molar-refractivity contribution in [1.29, 1.82) is 0 Å². The Labute approximate surface area is 98.1 Å². The molecule has 0 aliphatic carbocycles. The van der Waals surface area contributed by atoms with E-state index >= 15 is 0 Å². The van der Waals surface area contributed by atoms with E-state index in [2.05, 4.69) is 10.5 Å². The van der Waals surface area contributed by atoms with Gasteiger partial charge < -0.3 is 10.8 Å². The van der Waals surface area contributed by atoms with Gasteiger partial charge in [-0.2, -0.15) is 5.10 Å². The second kappa shape index (κ2) is 6.26. The van der Waals surface area contributed by atoms with Gasteiger partial charge in [-0.1, -0.05) is 30.3 Å². The number of rotatable bonds is 5. The van der Waals surface area contributed by atoms with Gasteiger partial charge >= 0.3 is 12.0 Å². The number of carboxylic acid groups (broad SMARTS) is 1. The van der Waals surface area contributed by atoms with Gasteiger partial charge in [0.2, 0.25) is 0 Å². The minimum Gasteiger partial charge on any atom is -0.481 e. The predicted octanol–water partition coefficient (Wildman–Crippen LogP) is 0.924. The first kappa shape index (κ1) is 12.7. The second-order valence-electron chi connectivity index (χ2n) is 3.29. The third-order valence-electron chi connectivity index (χ3n) is 1.98. The van der Waals surface area contributed by atoms with E-state index in [1.807, 2.05) is 6.07 Å². The maximum Gasteiger partial charge on any atom is 0.332 e. The molecule has 0 unspecified atom stereocenters. The Morgan fingerprint density at radius 3 is 2.41 bits per heavy atom. The molecule has 2 amide bonds. The molecule has 1 rings (SSSR count). The average Bonchev–Trinajstić information content (AvgIpc) is 2.29. The van der Waals surface area contributed by atoms with Crippen molar-refractivity contribution in [1.82, 2.24) is 5.43 Å². The van der Waals surface area contributed by atoms with Crippen molar-refractivity contribution in [2.75, 3.05) is 0 Å². The summed E-state index contributed by atoms with van der Waals surface area (Å²) in [4.78, 5) is 21.1. The minimum absolute atomic E-state index is 0.0613. The van der Waals surface area contributed by atoms with Crippen LogP contribution in [0.25, 0.3) is 0 Å². The van der Waals surface area contributed by atoms with Gasteiger partial charge in [-0.25, -0.2) is 10.2 Å². The summed E-state index contributed by atoms with van der Waals surface area (Å²) < 4.78 is 0. The van der Waals surface area contributed by atoms with Crippen molar-refractivity contribution in [3.8, 4) is 0 Å². The molecule has 1 aromatic carbocycles. The van der Waals surface area contributed by atoms with Crippen LogP contribution < -0.4 is 11.2 Å². The van der Waals surface area contributed by atoms with Crippen LogP contribution in [-0.4, -0.2) is 22.8 Å². The first-order valence-corrected chi connectivity index (χ1v) is 4.99. The highest BCUT2D eigenvalue weighted by molar-refractivity contribution is 6.02. The lowest BCUT2D eigenvalue weighted by Gasteiger charge is -2.05. The summed E-state index contributed by atoms with van der Waals surface area (Å²) in [7, 11) is 0. The second-order valence-corrected chi connectivity index (χ2v) is 3.29. The zero-order chi connectivity index (χ0) is 12.7. The Bertz CT molecular complexity index is 429. The van der Waals surface area contributed by atoms with Crippen molar-refractivity contribution in [3.63, 3.8) is 0 Å². The lowest BCUT2D eigenvalue weighted by molar-refractivity contribution is -0.136. The van der Waals surface area contributed by atoms with Gasteiger partial charge in [0.25, 0.3) is 0 Å². The first-order valence-electron chi connectivity index (χ1n) is 4.99. The molecule has 6 heteroatoms. The van der Waals surface area contributed by atoms with Gasteiger partial charge in [-0.05, 0) is 5.56 Å². The van der Waals surface area contributed by atoms with Gasteiger partial charge in [-0.15, -0.1) is 0 Å². The molecule has 0 aliphatic rings. The quantitative estimate of drug-likeness (QED) is 0.522. The molecule has 0 heterocycles. The van der Waals surface area contributed by atoms with E-state index in [4.69, 9.17) is 10.8 Å². The molecule has 0 bridgehead atoms. The van der Waals surface area contributed by atoms with Crippen LogP contribution in [0.15, 0.2) is 35.4 Å². The number of nitrogens with zero attached hydrogens (tertiary/aromatic N) is 1. The van der Waals surface area contributed by atoms with Crippen LogP contribution in [0.3, 0.4) is 0 Å². The highest BCUT2D eigenvalue weighted by Gasteiger charge is 2.06. The van der Waals surface area contributed by atoms with Crippen LogP contribution in [-0.2, 0) is 4.79 Å². The largest absolute Gasteiger partial charge is 0.481 e. The van der Waals surface area contributed by atoms with Gasteiger partial charge in [0, 0.05) is 6.42 Å². The molecule has 0 saturated heterocycles. The molecule has 90 valence electrons. The number of primary amides is 1. The number of carbonyl (C=O) groups excluding carboxylic acids is 1. The number of carbonyl (C=O) groups is 2. The van der Waals surface area contributed by atoms with Gasteiger partial charge in [0.05, 0.1) is 12.1 Å². The molecule has 6 nitrogen and oxygen atoms in total. The number of hydrogen-bond acceptors (Lipinski definition) is 3. The zero-order valence-electron chi connectivity index (χ0n) is 9.09. The summed E-state index contributed by atoms with van der Waals surface area (Å²) in [5.41, 5.74) is 8.23. The molecule has 0 saturated carbocycles. The van der Waals surface area contributed by atoms with E-state index in [0.29, 0.717) is 5.71 Å². The Morgan fingerprint density at radius 2 is 1.88 bits per heavy atom. The number of nitrogens with two attached hydrogens (primary N) is 1. The van der Waals surface area contributed by atoms with Crippen LogP contribution in [0.1, 0.15) is 18.4 Å². The van der Waals surface area contributed by atoms with E-state index < -0.39 is 12.0 Å². The topological polar surface area (TPSA) is 105 Å².